The van der Waals surface area contributed by atoms with Gasteiger partial charge in [0.15, 0.2) is 0 Å². The molecular weight excluding hydrogens is 775 g/mol. The van der Waals surface area contributed by atoms with Crippen molar-refractivity contribution in [2.75, 3.05) is 4.90 Å². The zero-order valence-corrected chi connectivity index (χ0v) is 35.0. The van der Waals surface area contributed by atoms with Crippen molar-refractivity contribution < 1.29 is 4.42 Å². The molecule has 2 nitrogen and oxygen atoms in total. The Bertz CT molecular complexity index is 3630. The van der Waals surface area contributed by atoms with Crippen molar-refractivity contribution in [3.8, 4) is 55.6 Å². The normalized spacial score (nSPS) is 11.4. The monoisotopic (exact) mass is 815 g/mol. The van der Waals surface area contributed by atoms with E-state index in [1.807, 2.05) is 6.07 Å². The molecule has 1 aromatic heterocycles. The number of furan rings is 1. The standard InChI is InChI=1S/C62H41NO/c1-3-14-43(15-4-1)52-19-9-10-20-53(52)45-28-35-50(36-29-45)63(51-37-30-46(31-38-51)59-41-48-18-7-8-21-54(48)56-22-11-12-23-57(56)59)49-33-26-42(27-34-49)47-32-39-61-60(40-47)58-25-13-24-55(62(58)64-61)44-16-5-2-6-17-44/h1-41H. The second-order valence-electron chi connectivity index (χ2n) is 16.4. The molecule has 11 aromatic carbocycles. The van der Waals surface area contributed by atoms with Crippen LogP contribution in [0, 0.1) is 0 Å². The molecule has 0 saturated carbocycles. The molecule has 0 N–H and O–H groups in total. The second kappa shape index (κ2) is 15.8. The van der Waals surface area contributed by atoms with Gasteiger partial charge in [-0.1, -0.05) is 194 Å². The van der Waals surface area contributed by atoms with E-state index in [1.165, 1.54) is 54.9 Å². The first kappa shape index (κ1) is 37.3. The first-order valence-corrected chi connectivity index (χ1v) is 21.9. The molecule has 300 valence electrons. The highest BCUT2D eigenvalue weighted by Crippen LogP contribution is 2.42. The number of rotatable bonds is 8. The third-order valence-corrected chi connectivity index (χ3v) is 12.7. The zero-order chi connectivity index (χ0) is 42.4. The summed E-state index contributed by atoms with van der Waals surface area (Å²) in [5, 5.41) is 7.28. The van der Waals surface area contributed by atoms with Crippen molar-refractivity contribution in [2.24, 2.45) is 0 Å². The van der Waals surface area contributed by atoms with Gasteiger partial charge in [0.1, 0.15) is 11.2 Å². The van der Waals surface area contributed by atoms with Crippen molar-refractivity contribution in [1.82, 2.24) is 0 Å². The summed E-state index contributed by atoms with van der Waals surface area (Å²) in [5.74, 6) is 0. The Balaban J connectivity index is 0.935. The maximum Gasteiger partial charge on any atom is 0.143 e. The molecule has 0 bridgehead atoms. The molecule has 0 aliphatic rings. The van der Waals surface area contributed by atoms with E-state index >= 15 is 0 Å². The van der Waals surface area contributed by atoms with Crippen LogP contribution in [0.15, 0.2) is 253 Å². The quantitative estimate of drug-likeness (QED) is 0.142. The fourth-order valence-electron chi connectivity index (χ4n) is 9.55. The number of hydrogen-bond donors (Lipinski definition) is 0. The van der Waals surface area contributed by atoms with Crippen LogP contribution in [0.1, 0.15) is 0 Å². The number of para-hydroxylation sites is 1. The molecule has 0 atom stereocenters. The van der Waals surface area contributed by atoms with Gasteiger partial charge in [0, 0.05) is 33.4 Å². The highest BCUT2D eigenvalue weighted by molar-refractivity contribution is 6.14. The summed E-state index contributed by atoms with van der Waals surface area (Å²) in [6.45, 7) is 0. The van der Waals surface area contributed by atoms with Crippen LogP contribution in [0.5, 0.6) is 0 Å². The molecule has 1 heterocycles. The number of anilines is 3. The summed E-state index contributed by atoms with van der Waals surface area (Å²) in [6, 6.07) is 89.5. The summed E-state index contributed by atoms with van der Waals surface area (Å²) in [7, 11) is 0. The zero-order valence-electron chi connectivity index (χ0n) is 35.0. The van der Waals surface area contributed by atoms with Crippen LogP contribution in [0.2, 0.25) is 0 Å². The van der Waals surface area contributed by atoms with Crippen LogP contribution in [0.4, 0.5) is 17.1 Å². The minimum absolute atomic E-state index is 0.889. The van der Waals surface area contributed by atoms with Gasteiger partial charge in [-0.05, 0) is 126 Å². The van der Waals surface area contributed by atoms with Crippen molar-refractivity contribution in [3.05, 3.63) is 249 Å². The summed E-state index contributed by atoms with van der Waals surface area (Å²) in [5.41, 5.74) is 16.8. The summed E-state index contributed by atoms with van der Waals surface area (Å²) >= 11 is 0. The Hall–Kier alpha value is -8.46. The minimum Gasteiger partial charge on any atom is -0.455 e. The first-order valence-electron chi connectivity index (χ1n) is 21.9. The van der Waals surface area contributed by atoms with Crippen molar-refractivity contribution in [2.45, 2.75) is 0 Å². The SMILES string of the molecule is c1ccc(-c2ccccc2-c2ccc(N(c3ccc(-c4ccc5oc6c(-c7ccccc7)cccc6c5c4)cc3)c3ccc(-c4cc5ccccc5c5ccccc45)cc3)cc2)cc1. The van der Waals surface area contributed by atoms with E-state index in [4.69, 9.17) is 4.42 Å². The summed E-state index contributed by atoms with van der Waals surface area (Å²) in [6.07, 6.45) is 0. The maximum absolute atomic E-state index is 6.51. The molecule has 2 heteroatoms. The van der Waals surface area contributed by atoms with Crippen LogP contribution in [0.3, 0.4) is 0 Å². The van der Waals surface area contributed by atoms with Crippen LogP contribution < -0.4 is 4.90 Å². The molecule has 0 unspecified atom stereocenters. The van der Waals surface area contributed by atoms with E-state index in [0.29, 0.717) is 0 Å². The van der Waals surface area contributed by atoms with Gasteiger partial charge in [0.2, 0.25) is 0 Å². The first-order chi connectivity index (χ1) is 31.7. The van der Waals surface area contributed by atoms with Crippen LogP contribution in [-0.2, 0) is 0 Å². The van der Waals surface area contributed by atoms with E-state index in [-0.39, 0.29) is 0 Å². The van der Waals surface area contributed by atoms with Gasteiger partial charge in [-0.3, -0.25) is 0 Å². The predicted molar refractivity (Wildman–Crippen MR) is 271 cm³/mol. The molecule has 12 rings (SSSR count). The van der Waals surface area contributed by atoms with Crippen molar-refractivity contribution >= 4 is 60.5 Å². The molecule has 64 heavy (non-hydrogen) atoms. The maximum atomic E-state index is 6.51. The number of benzene rings is 11. The summed E-state index contributed by atoms with van der Waals surface area (Å²) in [4.78, 5) is 2.36. The molecule has 0 spiro atoms. The van der Waals surface area contributed by atoms with Crippen LogP contribution in [0.25, 0.3) is 99.1 Å². The molecule has 0 radical (unpaired) electrons. The fraction of sp³-hybridized carbons (Fsp3) is 0. The lowest BCUT2D eigenvalue weighted by Crippen LogP contribution is -2.09. The Morgan fingerprint density at radius 1 is 0.250 bits per heavy atom. The lowest BCUT2D eigenvalue weighted by molar-refractivity contribution is 0.670. The topological polar surface area (TPSA) is 16.4 Å². The lowest BCUT2D eigenvalue weighted by Gasteiger charge is -2.26. The Morgan fingerprint density at radius 2 is 0.703 bits per heavy atom. The van der Waals surface area contributed by atoms with Gasteiger partial charge in [-0.25, -0.2) is 0 Å². The molecule has 12 aromatic rings. The molecular formula is C62H41NO. The molecule has 0 fully saturated rings. The fourth-order valence-corrected chi connectivity index (χ4v) is 9.55. The second-order valence-corrected chi connectivity index (χ2v) is 16.4. The van der Waals surface area contributed by atoms with E-state index < -0.39 is 0 Å². The summed E-state index contributed by atoms with van der Waals surface area (Å²) < 4.78 is 6.51. The molecule has 0 aliphatic carbocycles. The Kier molecular flexibility index (Phi) is 9.20. The number of nitrogens with zero attached hydrogens (tertiary/aromatic N) is 1. The number of fused-ring (bicyclic) bond motifs is 6. The van der Waals surface area contributed by atoms with Gasteiger partial charge >= 0.3 is 0 Å². The Labute approximate surface area is 372 Å². The lowest BCUT2D eigenvalue weighted by atomic mass is 9.93. The Morgan fingerprint density at radius 3 is 1.34 bits per heavy atom. The van der Waals surface area contributed by atoms with Crippen LogP contribution >= 0.6 is 0 Å². The largest absolute Gasteiger partial charge is 0.455 e. The molecule has 0 amide bonds. The molecule has 0 saturated heterocycles. The average molecular weight is 816 g/mol. The van der Waals surface area contributed by atoms with Gasteiger partial charge in [-0.2, -0.15) is 0 Å². The number of hydrogen-bond acceptors (Lipinski definition) is 2. The van der Waals surface area contributed by atoms with Gasteiger partial charge < -0.3 is 9.32 Å². The molecule has 0 aliphatic heterocycles. The third-order valence-electron chi connectivity index (χ3n) is 12.7. The van der Waals surface area contributed by atoms with E-state index in [0.717, 1.165) is 61.3 Å². The van der Waals surface area contributed by atoms with Crippen LogP contribution in [-0.4, -0.2) is 0 Å². The van der Waals surface area contributed by atoms with Gasteiger partial charge in [0.05, 0.1) is 0 Å². The van der Waals surface area contributed by atoms with Gasteiger partial charge in [-0.15, -0.1) is 0 Å². The predicted octanol–water partition coefficient (Wildman–Crippen LogP) is 17.7. The van der Waals surface area contributed by atoms with Crippen molar-refractivity contribution in [1.29, 1.82) is 0 Å². The highest BCUT2D eigenvalue weighted by Gasteiger charge is 2.17. The van der Waals surface area contributed by atoms with Gasteiger partial charge in [0.25, 0.3) is 0 Å². The minimum atomic E-state index is 0.889. The van der Waals surface area contributed by atoms with E-state index in [9.17, 15) is 0 Å². The smallest absolute Gasteiger partial charge is 0.143 e. The average Bonchev–Trinajstić information content (AvgIpc) is 3.76. The third kappa shape index (κ3) is 6.61. The van der Waals surface area contributed by atoms with E-state index in [2.05, 4.69) is 248 Å². The van der Waals surface area contributed by atoms with E-state index in [1.54, 1.807) is 0 Å². The van der Waals surface area contributed by atoms with Crippen molar-refractivity contribution in [3.63, 3.8) is 0 Å². The highest BCUT2D eigenvalue weighted by atomic mass is 16.3.